The molecule has 1 aliphatic rings. The Hall–Kier alpha value is -2.62. The molecule has 0 bridgehead atoms. The number of aromatic amines is 1. The first-order valence-corrected chi connectivity index (χ1v) is 9.09. The average Bonchev–Trinajstić information content (AvgIpc) is 3.23. The van der Waals surface area contributed by atoms with Crippen LogP contribution in [0.15, 0.2) is 35.6 Å². The van der Waals surface area contributed by atoms with E-state index in [1.54, 1.807) is 7.05 Å². The lowest BCUT2D eigenvalue weighted by Crippen LogP contribution is -2.56. The van der Waals surface area contributed by atoms with Gasteiger partial charge in [-0.15, -0.1) is 0 Å². The van der Waals surface area contributed by atoms with Crippen LogP contribution in [0.25, 0.3) is 11.4 Å². The number of benzene rings is 1. The van der Waals surface area contributed by atoms with Gasteiger partial charge in [-0.3, -0.25) is 15.0 Å². The molecule has 152 valence electrons. The summed E-state index contributed by atoms with van der Waals surface area (Å²) < 4.78 is 38.7. The smallest absolute Gasteiger partial charge is 0.352 e. The van der Waals surface area contributed by atoms with Crippen molar-refractivity contribution in [2.24, 2.45) is 4.99 Å². The zero-order valence-corrected chi connectivity index (χ0v) is 15.9. The van der Waals surface area contributed by atoms with E-state index in [1.807, 2.05) is 29.2 Å². The Balaban J connectivity index is 1.55. The molecule has 0 amide bonds. The number of H-pyrrole nitrogens is 1. The summed E-state index contributed by atoms with van der Waals surface area (Å²) in [5.74, 6) is 1.38. The van der Waals surface area contributed by atoms with Crippen LogP contribution in [-0.4, -0.2) is 76.4 Å². The van der Waals surface area contributed by atoms with Gasteiger partial charge in [-0.2, -0.15) is 18.3 Å². The molecule has 0 spiro atoms. The van der Waals surface area contributed by atoms with Gasteiger partial charge in [-0.25, -0.2) is 4.98 Å². The first-order valence-electron chi connectivity index (χ1n) is 9.09. The quantitative estimate of drug-likeness (QED) is 0.613. The molecule has 1 atom stereocenters. The Morgan fingerprint density at radius 3 is 2.64 bits per heavy atom. The van der Waals surface area contributed by atoms with Crippen LogP contribution in [0.5, 0.6) is 0 Å². The van der Waals surface area contributed by atoms with Gasteiger partial charge >= 0.3 is 6.18 Å². The summed E-state index contributed by atoms with van der Waals surface area (Å²) in [5.41, 5.74) is 1.97. The maximum Gasteiger partial charge on any atom is 0.403 e. The van der Waals surface area contributed by atoms with Crippen LogP contribution in [0.3, 0.4) is 0 Å². The van der Waals surface area contributed by atoms with Crippen molar-refractivity contribution in [3.8, 4) is 11.4 Å². The number of nitrogens with one attached hydrogen (secondary N) is 2. The lowest BCUT2D eigenvalue weighted by atomic mass is 10.1. The second kappa shape index (κ2) is 8.59. The van der Waals surface area contributed by atoms with Gasteiger partial charge in [-0.05, 0) is 18.6 Å². The van der Waals surface area contributed by atoms with Crippen LogP contribution in [0, 0.1) is 0 Å². The normalized spacial score (nSPS) is 17.6. The zero-order chi connectivity index (χ0) is 20.1. The molecule has 7 nitrogen and oxygen atoms in total. The van der Waals surface area contributed by atoms with E-state index < -0.39 is 12.2 Å². The number of alkyl halides is 3. The van der Waals surface area contributed by atoms with Crippen molar-refractivity contribution in [3.05, 3.63) is 36.2 Å². The summed E-state index contributed by atoms with van der Waals surface area (Å²) >= 11 is 0. The predicted molar refractivity (Wildman–Crippen MR) is 101 cm³/mol. The third kappa shape index (κ3) is 4.80. The molecule has 1 fully saturated rings. The summed E-state index contributed by atoms with van der Waals surface area (Å²) in [6.45, 7) is 3.46. The Labute approximate surface area is 161 Å². The molecular weight excluding hydrogens is 371 g/mol. The molecule has 0 radical (unpaired) electrons. The van der Waals surface area contributed by atoms with E-state index in [1.165, 1.54) is 18.2 Å². The van der Waals surface area contributed by atoms with Crippen LogP contribution in [0.2, 0.25) is 0 Å². The largest absolute Gasteiger partial charge is 0.403 e. The molecule has 1 aromatic heterocycles. The summed E-state index contributed by atoms with van der Waals surface area (Å²) in [4.78, 5) is 11.9. The van der Waals surface area contributed by atoms with Gasteiger partial charge in [0.1, 0.15) is 12.4 Å². The van der Waals surface area contributed by atoms with Crippen LogP contribution >= 0.6 is 0 Å². The molecule has 3 rings (SSSR count). The lowest BCUT2D eigenvalue weighted by molar-refractivity contribution is -0.181. The van der Waals surface area contributed by atoms with E-state index in [0.717, 1.165) is 11.1 Å². The molecule has 1 unspecified atom stereocenters. The molecule has 1 saturated heterocycles. The highest BCUT2D eigenvalue weighted by molar-refractivity contribution is 5.80. The maximum atomic E-state index is 12.9. The molecule has 28 heavy (non-hydrogen) atoms. The van der Waals surface area contributed by atoms with Gasteiger partial charge < -0.3 is 10.2 Å². The van der Waals surface area contributed by atoms with Crippen molar-refractivity contribution >= 4 is 5.96 Å². The molecule has 2 aromatic rings. The summed E-state index contributed by atoms with van der Waals surface area (Å²) in [5, 5.41) is 9.98. The fourth-order valence-electron chi connectivity index (χ4n) is 3.21. The third-order valence-electron chi connectivity index (χ3n) is 4.91. The molecule has 0 aliphatic carbocycles. The number of aromatic nitrogens is 3. The van der Waals surface area contributed by atoms with E-state index >= 15 is 0 Å². The van der Waals surface area contributed by atoms with E-state index in [2.05, 4.69) is 25.5 Å². The van der Waals surface area contributed by atoms with Crippen molar-refractivity contribution in [1.82, 2.24) is 30.3 Å². The van der Waals surface area contributed by atoms with Crippen molar-refractivity contribution in [1.29, 1.82) is 0 Å². The number of halogens is 3. The standard InChI is InChI=1S/C18H24F3N7/c1-13(18(19,20)21)27-6-8-28(9-7-27)17(22-2)23-11-14-4-3-5-15(10-14)16-24-12-25-26-16/h3-5,10,12-13H,6-9,11H2,1-2H3,(H,22,23)(H,24,25,26). The highest BCUT2D eigenvalue weighted by atomic mass is 19.4. The van der Waals surface area contributed by atoms with Gasteiger partial charge in [0.15, 0.2) is 11.8 Å². The molecule has 2 N–H and O–H groups in total. The lowest BCUT2D eigenvalue weighted by Gasteiger charge is -2.39. The number of hydrogen-bond donors (Lipinski definition) is 2. The summed E-state index contributed by atoms with van der Waals surface area (Å²) in [6, 6.07) is 6.45. The fourth-order valence-corrected chi connectivity index (χ4v) is 3.21. The maximum absolute atomic E-state index is 12.9. The van der Waals surface area contributed by atoms with Crippen molar-refractivity contribution in [2.75, 3.05) is 33.2 Å². The number of piperazine rings is 1. The molecule has 10 heteroatoms. The van der Waals surface area contributed by atoms with E-state index in [0.29, 0.717) is 44.5 Å². The van der Waals surface area contributed by atoms with Crippen molar-refractivity contribution in [2.45, 2.75) is 25.7 Å². The van der Waals surface area contributed by atoms with Gasteiger partial charge in [0.05, 0.1) is 0 Å². The third-order valence-corrected chi connectivity index (χ3v) is 4.91. The molecule has 2 heterocycles. The number of rotatable bonds is 4. The van der Waals surface area contributed by atoms with Crippen LogP contribution in [0.4, 0.5) is 13.2 Å². The first-order chi connectivity index (χ1) is 13.4. The Kier molecular flexibility index (Phi) is 6.18. The Bertz CT molecular complexity index is 781. The van der Waals surface area contributed by atoms with Crippen LogP contribution < -0.4 is 5.32 Å². The Morgan fingerprint density at radius 1 is 1.29 bits per heavy atom. The number of hydrogen-bond acceptors (Lipinski definition) is 4. The van der Waals surface area contributed by atoms with Gasteiger partial charge in [0.25, 0.3) is 0 Å². The minimum absolute atomic E-state index is 0.350. The average molecular weight is 395 g/mol. The topological polar surface area (TPSA) is 72.4 Å². The second-order valence-corrected chi connectivity index (χ2v) is 6.68. The Morgan fingerprint density at radius 2 is 2.04 bits per heavy atom. The van der Waals surface area contributed by atoms with Gasteiger partial charge in [0, 0.05) is 45.3 Å². The second-order valence-electron chi connectivity index (χ2n) is 6.68. The molecule has 1 aromatic carbocycles. The SMILES string of the molecule is CN=C(NCc1cccc(-c2ncn[nH]2)c1)N1CCN(C(C)C(F)(F)F)CC1. The molecule has 0 saturated carbocycles. The highest BCUT2D eigenvalue weighted by Crippen LogP contribution is 2.25. The summed E-state index contributed by atoms with van der Waals surface area (Å²) in [7, 11) is 1.68. The van der Waals surface area contributed by atoms with Crippen molar-refractivity contribution in [3.63, 3.8) is 0 Å². The predicted octanol–water partition coefficient (Wildman–Crippen LogP) is 2.12. The zero-order valence-electron chi connectivity index (χ0n) is 15.9. The van der Waals surface area contributed by atoms with Crippen LogP contribution in [0.1, 0.15) is 12.5 Å². The van der Waals surface area contributed by atoms with E-state index in [-0.39, 0.29) is 0 Å². The molecular formula is C18H24F3N7. The fraction of sp³-hybridized carbons (Fsp3) is 0.500. The minimum atomic E-state index is -4.20. The first kappa shape index (κ1) is 20.1. The highest BCUT2D eigenvalue weighted by Gasteiger charge is 2.41. The monoisotopic (exact) mass is 395 g/mol. The molecule has 1 aliphatic heterocycles. The summed E-state index contributed by atoms with van der Waals surface area (Å²) in [6.07, 6.45) is -2.74. The number of nitrogens with zero attached hydrogens (tertiary/aromatic N) is 5. The number of aliphatic imine (C=N–C) groups is 1. The van der Waals surface area contributed by atoms with Gasteiger partial charge in [0.2, 0.25) is 0 Å². The van der Waals surface area contributed by atoms with Gasteiger partial charge in [-0.1, -0.05) is 18.2 Å². The van der Waals surface area contributed by atoms with E-state index in [9.17, 15) is 13.2 Å². The van der Waals surface area contributed by atoms with Crippen LogP contribution in [-0.2, 0) is 6.54 Å². The van der Waals surface area contributed by atoms with E-state index in [4.69, 9.17) is 0 Å². The minimum Gasteiger partial charge on any atom is -0.352 e. The number of guanidine groups is 1. The van der Waals surface area contributed by atoms with Crippen molar-refractivity contribution < 1.29 is 13.2 Å².